The minimum Gasteiger partial charge on any atom is -0.496 e. The third-order valence-electron chi connectivity index (χ3n) is 4.32. The largest absolute Gasteiger partial charge is 0.496 e. The number of benzene rings is 2. The summed E-state index contributed by atoms with van der Waals surface area (Å²) in [5.41, 5.74) is 7.71. The fourth-order valence-corrected chi connectivity index (χ4v) is 3.76. The number of para-hydroxylation sites is 2. The SMILES string of the molecule is COc1ccccc1-c1cc(C(=O)Nc2sc(Nc3ccccc3)nc2C(N)=O)[nH]n1. The first-order valence-corrected chi connectivity index (χ1v) is 9.99. The monoisotopic (exact) mass is 434 g/mol. The van der Waals surface area contributed by atoms with Crippen LogP contribution < -0.4 is 21.1 Å². The minimum absolute atomic E-state index is 0.0266. The van der Waals surface area contributed by atoms with Crippen molar-refractivity contribution in [2.24, 2.45) is 5.73 Å². The van der Waals surface area contributed by atoms with Crippen molar-refractivity contribution in [3.05, 3.63) is 72.1 Å². The topological polar surface area (TPSA) is 135 Å². The van der Waals surface area contributed by atoms with Crippen LogP contribution in [-0.2, 0) is 0 Å². The number of nitrogens with zero attached hydrogens (tertiary/aromatic N) is 2. The molecule has 0 aliphatic carbocycles. The van der Waals surface area contributed by atoms with Gasteiger partial charge in [-0.15, -0.1) is 0 Å². The number of methoxy groups -OCH3 is 1. The number of primary amides is 1. The number of carbonyl (C=O) groups is 2. The highest BCUT2D eigenvalue weighted by Crippen LogP contribution is 2.32. The molecule has 9 nitrogen and oxygen atoms in total. The standard InChI is InChI=1S/C21H18N6O3S/c1-30-16-10-6-5-9-13(16)14-11-15(27-26-14)19(29)25-20-17(18(22)28)24-21(31-20)23-12-7-3-2-4-8-12/h2-11H,1H3,(H2,22,28)(H,23,24)(H,25,29)(H,26,27). The number of thiazole rings is 1. The molecule has 0 saturated carbocycles. The first kappa shape index (κ1) is 20.1. The van der Waals surface area contributed by atoms with Gasteiger partial charge in [-0.25, -0.2) is 4.98 Å². The zero-order valence-corrected chi connectivity index (χ0v) is 17.2. The molecule has 0 aliphatic rings. The van der Waals surface area contributed by atoms with E-state index in [1.165, 1.54) is 0 Å². The molecule has 0 spiro atoms. The molecule has 4 rings (SSSR count). The molecule has 2 heterocycles. The lowest BCUT2D eigenvalue weighted by molar-refractivity contribution is 0.0997. The summed E-state index contributed by atoms with van der Waals surface area (Å²) in [4.78, 5) is 28.8. The van der Waals surface area contributed by atoms with E-state index in [1.807, 2.05) is 54.6 Å². The lowest BCUT2D eigenvalue weighted by Gasteiger charge is -2.04. The molecule has 4 aromatic rings. The summed E-state index contributed by atoms with van der Waals surface area (Å²) in [7, 11) is 1.56. The van der Waals surface area contributed by atoms with Gasteiger partial charge in [-0.3, -0.25) is 14.7 Å². The molecule has 31 heavy (non-hydrogen) atoms. The van der Waals surface area contributed by atoms with E-state index in [1.54, 1.807) is 13.2 Å². The van der Waals surface area contributed by atoms with Crippen LogP contribution in [0.5, 0.6) is 5.75 Å². The Hall–Kier alpha value is -4.18. The normalized spacial score (nSPS) is 10.5. The Morgan fingerprint density at radius 1 is 1.10 bits per heavy atom. The molecule has 0 saturated heterocycles. The van der Waals surface area contributed by atoms with E-state index in [-0.39, 0.29) is 16.4 Å². The molecule has 2 amide bonds. The number of nitrogens with two attached hydrogens (primary N) is 1. The maximum Gasteiger partial charge on any atom is 0.274 e. The number of hydrogen-bond acceptors (Lipinski definition) is 7. The van der Waals surface area contributed by atoms with Crippen LogP contribution >= 0.6 is 11.3 Å². The van der Waals surface area contributed by atoms with Gasteiger partial charge >= 0.3 is 0 Å². The number of anilines is 3. The van der Waals surface area contributed by atoms with E-state index >= 15 is 0 Å². The van der Waals surface area contributed by atoms with Crippen molar-refractivity contribution in [1.29, 1.82) is 0 Å². The van der Waals surface area contributed by atoms with Gasteiger partial charge in [0.25, 0.3) is 11.8 Å². The second-order valence-electron chi connectivity index (χ2n) is 6.37. The summed E-state index contributed by atoms with van der Waals surface area (Å²) in [6.45, 7) is 0. The van der Waals surface area contributed by atoms with Crippen molar-refractivity contribution in [3.8, 4) is 17.0 Å². The second-order valence-corrected chi connectivity index (χ2v) is 7.37. The van der Waals surface area contributed by atoms with Crippen LogP contribution in [0.3, 0.4) is 0 Å². The van der Waals surface area contributed by atoms with Crippen molar-refractivity contribution in [2.75, 3.05) is 17.7 Å². The molecule has 0 bridgehead atoms. The van der Waals surface area contributed by atoms with Gasteiger partial charge in [0.05, 0.1) is 12.8 Å². The van der Waals surface area contributed by atoms with E-state index in [0.29, 0.717) is 16.6 Å². The maximum absolute atomic E-state index is 12.7. The van der Waals surface area contributed by atoms with Gasteiger partial charge in [0.2, 0.25) is 0 Å². The summed E-state index contributed by atoms with van der Waals surface area (Å²) in [5, 5.41) is 13.3. The molecule has 5 N–H and O–H groups in total. The first-order chi connectivity index (χ1) is 15.0. The van der Waals surface area contributed by atoms with E-state index in [9.17, 15) is 9.59 Å². The Kier molecular flexibility index (Phi) is 5.63. The van der Waals surface area contributed by atoms with Crippen molar-refractivity contribution < 1.29 is 14.3 Å². The van der Waals surface area contributed by atoms with Crippen molar-refractivity contribution in [1.82, 2.24) is 15.2 Å². The number of aromatic nitrogens is 3. The number of rotatable bonds is 7. The van der Waals surface area contributed by atoms with E-state index in [2.05, 4.69) is 25.8 Å². The molecule has 2 aromatic heterocycles. The smallest absolute Gasteiger partial charge is 0.274 e. The number of hydrogen-bond donors (Lipinski definition) is 4. The Balaban J connectivity index is 1.56. The zero-order chi connectivity index (χ0) is 21.8. The summed E-state index contributed by atoms with van der Waals surface area (Å²) in [6, 6.07) is 18.3. The van der Waals surface area contributed by atoms with E-state index < -0.39 is 11.8 Å². The zero-order valence-electron chi connectivity index (χ0n) is 16.4. The van der Waals surface area contributed by atoms with Crippen LogP contribution in [-0.4, -0.2) is 34.1 Å². The Bertz CT molecular complexity index is 1230. The fourth-order valence-electron chi connectivity index (χ4n) is 2.87. The predicted octanol–water partition coefficient (Wildman–Crippen LogP) is 3.64. The quantitative estimate of drug-likeness (QED) is 0.351. The molecule has 156 valence electrons. The number of aromatic amines is 1. The molecule has 0 fully saturated rings. The number of nitrogens with one attached hydrogen (secondary N) is 3. The predicted molar refractivity (Wildman–Crippen MR) is 119 cm³/mol. The first-order valence-electron chi connectivity index (χ1n) is 9.18. The van der Waals surface area contributed by atoms with Gasteiger partial charge in [-0.1, -0.05) is 41.7 Å². The number of H-pyrrole nitrogens is 1. The van der Waals surface area contributed by atoms with Gasteiger partial charge in [0.1, 0.15) is 16.4 Å². The van der Waals surface area contributed by atoms with E-state index in [4.69, 9.17) is 10.5 Å². The fraction of sp³-hybridized carbons (Fsp3) is 0.0476. The number of amides is 2. The van der Waals surface area contributed by atoms with Gasteiger partial charge in [-0.2, -0.15) is 5.10 Å². The third kappa shape index (κ3) is 4.38. The van der Waals surface area contributed by atoms with Crippen LogP contribution in [0.15, 0.2) is 60.7 Å². The third-order valence-corrected chi connectivity index (χ3v) is 5.20. The molecular formula is C21H18N6O3S. The molecule has 0 radical (unpaired) electrons. The highest BCUT2D eigenvalue weighted by Gasteiger charge is 2.20. The lowest BCUT2D eigenvalue weighted by atomic mass is 10.1. The molecular weight excluding hydrogens is 416 g/mol. The second kappa shape index (κ2) is 8.67. The number of ether oxygens (including phenoxy) is 1. The van der Waals surface area contributed by atoms with Crippen molar-refractivity contribution >= 4 is 39.0 Å². The van der Waals surface area contributed by atoms with Gasteiger partial charge in [-0.05, 0) is 30.3 Å². The highest BCUT2D eigenvalue weighted by atomic mass is 32.1. The molecule has 0 aliphatic heterocycles. The van der Waals surface area contributed by atoms with Crippen molar-refractivity contribution in [2.45, 2.75) is 0 Å². The van der Waals surface area contributed by atoms with Gasteiger partial charge in [0, 0.05) is 11.3 Å². The summed E-state index contributed by atoms with van der Waals surface area (Å²) in [5.74, 6) is -0.589. The Labute approximate surface area is 181 Å². The maximum atomic E-state index is 12.7. The van der Waals surface area contributed by atoms with E-state index in [0.717, 1.165) is 22.6 Å². The Morgan fingerprint density at radius 2 is 1.84 bits per heavy atom. The molecule has 0 atom stereocenters. The van der Waals surface area contributed by atoms with Gasteiger partial charge < -0.3 is 21.1 Å². The Morgan fingerprint density at radius 3 is 2.58 bits per heavy atom. The average Bonchev–Trinajstić information content (AvgIpc) is 3.42. The van der Waals surface area contributed by atoms with Crippen LogP contribution in [0.4, 0.5) is 15.8 Å². The average molecular weight is 434 g/mol. The van der Waals surface area contributed by atoms with Crippen LogP contribution in [0.2, 0.25) is 0 Å². The lowest BCUT2D eigenvalue weighted by Crippen LogP contribution is -2.17. The van der Waals surface area contributed by atoms with Crippen LogP contribution in [0, 0.1) is 0 Å². The van der Waals surface area contributed by atoms with Crippen molar-refractivity contribution in [3.63, 3.8) is 0 Å². The summed E-state index contributed by atoms with van der Waals surface area (Å²) < 4.78 is 5.34. The minimum atomic E-state index is -0.744. The summed E-state index contributed by atoms with van der Waals surface area (Å²) >= 11 is 1.11. The highest BCUT2D eigenvalue weighted by molar-refractivity contribution is 7.20. The molecule has 0 unspecified atom stereocenters. The molecule has 2 aromatic carbocycles. The van der Waals surface area contributed by atoms with Gasteiger partial charge in [0.15, 0.2) is 10.8 Å². The molecule has 10 heteroatoms. The van der Waals surface area contributed by atoms with Crippen LogP contribution in [0.25, 0.3) is 11.3 Å². The van der Waals surface area contributed by atoms with Crippen LogP contribution in [0.1, 0.15) is 21.0 Å². The number of carbonyl (C=O) groups excluding carboxylic acids is 2. The summed E-state index contributed by atoms with van der Waals surface area (Å²) in [6.07, 6.45) is 0.